The number of hydrogen-bond acceptors (Lipinski definition) is 3. The Balaban J connectivity index is 2.14. The first kappa shape index (κ1) is 15.2. The zero-order valence-corrected chi connectivity index (χ0v) is 13.9. The molecule has 0 fully saturated rings. The van der Waals surface area contributed by atoms with Crippen LogP contribution in [0.15, 0.2) is 47.8 Å². The molecule has 1 unspecified atom stereocenters. The lowest BCUT2D eigenvalue weighted by Crippen LogP contribution is -2.28. The van der Waals surface area contributed by atoms with Gasteiger partial charge in [0.1, 0.15) is 0 Å². The smallest absolute Gasteiger partial charge is 0.184 e. The van der Waals surface area contributed by atoms with Crippen LogP contribution in [0.1, 0.15) is 27.8 Å². The Morgan fingerprint density at radius 3 is 2.40 bits per heavy atom. The lowest BCUT2D eigenvalue weighted by Gasteiger charge is -2.25. The molecule has 4 heteroatoms. The molecule has 0 N–H and O–H groups in total. The summed E-state index contributed by atoms with van der Waals surface area (Å²) in [5.74, 6) is 0.141. The highest BCUT2D eigenvalue weighted by molar-refractivity contribution is 7.10. The quantitative estimate of drug-likeness (QED) is 0.559. The lowest BCUT2D eigenvalue weighted by atomic mass is 10.0. The van der Waals surface area contributed by atoms with Crippen molar-refractivity contribution in [1.82, 2.24) is 0 Å². The maximum Gasteiger partial charge on any atom is 0.184 e. The van der Waals surface area contributed by atoms with Gasteiger partial charge in [-0.25, -0.2) is 0 Å². The van der Waals surface area contributed by atoms with E-state index >= 15 is 0 Å². The Morgan fingerprint density at radius 2 is 1.85 bits per heavy atom. The second kappa shape index (κ2) is 6.48. The van der Waals surface area contributed by atoms with Gasteiger partial charge in [-0.15, -0.1) is 11.3 Å². The van der Waals surface area contributed by atoms with Gasteiger partial charge in [0, 0.05) is 16.9 Å². The molecule has 2 nitrogen and oxygen atoms in total. The molecule has 0 saturated heterocycles. The molecule has 2 rings (SSSR count). The minimum atomic E-state index is -1.69. The summed E-state index contributed by atoms with van der Waals surface area (Å²) in [6.07, 6.45) is 0.295. The highest BCUT2D eigenvalue weighted by Crippen LogP contribution is 2.30. The van der Waals surface area contributed by atoms with Gasteiger partial charge in [0.25, 0.3) is 0 Å². The fraction of sp³-hybridized carbons (Fsp3) is 0.312. The zero-order valence-electron chi connectivity index (χ0n) is 12.1. The summed E-state index contributed by atoms with van der Waals surface area (Å²) in [5, 5.41) is 2.03. The van der Waals surface area contributed by atoms with Crippen LogP contribution in [0.2, 0.25) is 19.6 Å². The van der Waals surface area contributed by atoms with Gasteiger partial charge in [-0.05, 0) is 31.1 Å². The third-order valence-electron chi connectivity index (χ3n) is 2.82. The van der Waals surface area contributed by atoms with Gasteiger partial charge in [0.15, 0.2) is 14.1 Å². The summed E-state index contributed by atoms with van der Waals surface area (Å²) in [6, 6.07) is 13.5. The van der Waals surface area contributed by atoms with Gasteiger partial charge < -0.3 is 4.43 Å². The monoisotopic (exact) mass is 304 g/mol. The molecule has 0 aliphatic heterocycles. The number of ketones is 1. The number of carbonyl (C=O) groups is 1. The first-order valence-electron chi connectivity index (χ1n) is 6.75. The van der Waals surface area contributed by atoms with Crippen LogP contribution < -0.4 is 0 Å². The topological polar surface area (TPSA) is 26.3 Å². The summed E-state index contributed by atoms with van der Waals surface area (Å²) in [7, 11) is -1.69. The van der Waals surface area contributed by atoms with Crippen LogP contribution in [0.3, 0.4) is 0 Å². The highest BCUT2D eigenvalue weighted by atomic mass is 32.1. The molecule has 1 heterocycles. The SMILES string of the molecule is C[Si](C)(C)OC(CC(=O)c1ccccc1)c1cccs1. The molecule has 0 amide bonds. The first-order valence-corrected chi connectivity index (χ1v) is 11.0. The van der Waals surface area contributed by atoms with E-state index in [0.29, 0.717) is 6.42 Å². The van der Waals surface area contributed by atoms with E-state index in [4.69, 9.17) is 4.43 Å². The number of hydrogen-bond donors (Lipinski definition) is 0. The molecule has 20 heavy (non-hydrogen) atoms. The van der Waals surface area contributed by atoms with Crippen LogP contribution >= 0.6 is 11.3 Å². The third kappa shape index (κ3) is 4.40. The number of rotatable bonds is 6. The summed E-state index contributed by atoms with van der Waals surface area (Å²) >= 11 is 1.65. The van der Waals surface area contributed by atoms with Gasteiger partial charge in [0.2, 0.25) is 0 Å². The second-order valence-electron chi connectivity index (χ2n) is 5.73. The normalized spacial score (nSPS) is 13.2. The summed E-state index contributed by atoms with van der Waals surface area (Å²) in [5.41, 5.74) is 0.758. The van der Waals surface area contributed by atoms with Crippen molar-refractivity contribution in [2.75, 3.05) is 0 Å². The Labute approximate surface area is 125 Å². The Morgan fingerprint density at radius 1 is 1.15 bits per heavy atom. The molecule has 0 spiro atoms. The van der Waals surface area contributed by atoms with E-state index in [1.165, 1.54) is 0 Å². The maximum atomic E-state index is 12.4. The Hall–Kier alpha value is -1.23. The van der Waals surface area contributed by atoms with Gasteiger partial charge in [-0.2, -0.15) is 0 Å². The molecule has 0 aliphatic rings. The Bertz CT molecular complexity index is 544. The maximum absolute atomic E-state index is 12.4. The van der Waals surface area contributed by atoms with Crippen molar-refractivity contribution >= 4 is 25.4 Å². The van der Waals surface area contributed by atoms with E-state index in [9.17, 15) is 4.79 Å². The first-order chi connectivity index (χ1) is 9.46. The predicted octanol–water partition coefficient (Wildman–Crippen LogP) is 4.91. The van der Waals surface area contributed by atoms with Gasteiger partial charge >= 0.3 is 0 Å². The van der Waals surface area contributed by atoms with E-state index in [2.05, 4.69) is 19.6 Å². The molecule has 0 saturated carbocycles. The van der Waals surface area contributed by atoms with E-state index in [1.807, 2.05) is 47.8 Å². The van der Waals surface area contributed by atoms with E-state index in [-0.39, 0.29) is 11.9 Å². The fourth-order valence-electron chi connectivity index (χ4n) is 2.01. The van der Waals surface area contributed by atoms with Crippen molar-refractivity contribution < 1.29 is 9.22 Å². The molecular formula is C16H20O2SSi. The largest absolute Gasteiger partial charge is 0.409 e. The minimum absolute atomic E-state index is 0.116. The standard InChI is InChI=1S/C16H20O2SSi/c1-20(2,3)18-15(16-10-7-11-19-16)12-14(17)13-8-5-4-6-9-13/h4-11,15H,12H2,1-3H3. The van der Waals surface area contributed by atoms with E-state index < -0.39 is 8.32 Å². The summed E-state index contributed by atoms with van der Waals surface area (Å²) in [4.78, 5) is 13.5. The van der Waals surface area contributed by atoms with Crippen molar-refractivity contribution in [2.45, 2.75) is 32.2 Å². The molecule has 1 aromatic heterocycles. The van der Waals surface area contributed by atoms with Crippen LogP contribution in [-0.4, -0.2) is 14.1 Å². The van der Waals surface area contributed by atoms with Crippen molar-refractivity contribution in [3.63, 3.8) is 0 Å². The summed E-state index contributed by atoms with van der Waals surface area (Å²) in [6.45, 7) is 6.46. The molecule has 0 aliphatic carbocycles. The molecule has 2 aromatic rings. The highest BCUT2D eigenvalue weighted by Gasteiger charge is 2.25. The number of Topliss-reactive ketones (excluding diaryl/α,β-unsaturated/α-hetero) is 1. The number of benzene rings is 1. The van der Waals surface area contributed by atoms with Gasteiger partial charge in [0.05, 0.1) is 6.10 Å². The molecule has 1 aromatic carbocycles. The third-order valence-corrected chi connectivity index (χ3v) is 4.78. The number of thiophene rings is 1. The molecular weight excluding hydrogens is 284 g/mol. The van der Waals surface area contributed by atoms with Crippen LogP contribution in [-0.2, 0) is 4.43 Å². The minimum Gasteiger partial charge on any atom is -0.409 e. The molecule has 1 atom stereocenters. The lowest BCUT2D eigenvalue weighted by molar-refractivity contribution is 0.0904. The molecule has 106 valence electrons. The molecule has 0 bridgehead atoms. The van der Waals surface area contributed by atoms with Crippen molar-refractivity contribution in [1.29, 1.82) is 0 Å². The fourth-order valence-corrected chi connectivity index (χ4v) is 3.92. The van der Waals surface area contributed by atoms with Crippen LogP contribution in [0.5, 0.6) is 0 Å². The Kier molecular flexibility index (Phi) is 4.91. The molecule has 0 radical (unpaired) electrons. The number of carbonyl (C=O) groups excluding carboxylic acids is 1. The average molecular weight is 304 g/mol. The van der Waals surface area contributed by atoms with Crippen molar-refractivity contribution in [3.8, 4) is 0 Å². The predicted molar refractivity (Wildman–Crippen MR) is 86.9 cm³/mol. The summed E-state index contributed by atoms with van der Waals surface area (Å²) < 4.78 is 6.20. The van der Waals surface area contributed by atoms with Gasteiger partial charge in [-0.1, -0.05) is 36.4 Å². The van der Waals surface area contributed by atoms with E-state index in [1.54, 1.807) is 11.3 Å². The average Bonchev–Trinajstić information content (AvgIpc) is 2.91. The van der Waals surface area contributed by atoms with Gasteiger partial charge in [-0.3, -0.25) is 4.79 Å². The van der Waals surface area contributed by atoms with Crippen molar-refractivity contribution in [3.05, 3.63) is 58.3 Å². The van der Waals surface area contributed by atoms with Crippen molar-refractivity contribution in [2.24, 2.45) is 0 Å². The van der Waals surface area contributed by atoms with Crippen LogP contribution in [0, 0.1) is 0 Å². The van der Waals surface area contributed by atoms with Crippen LogP contribution in [0.25, 0.3) is 0 Å². The van der Waals surface area contributed by atoms with Crippen LogP contribution in [0.4, 0.5) is 0 Å². The second-order valence-corrected chi connectivity index (χ2v) is 11.2. The van der Waals surface area contributed by atoms with E-state index in [0.717, 1.165) is 10.4 Å². The zero-order chi connectivity index (χ0) is 14.6.